The molecule has 1 aromatic carbocycles. The number of hydrogen-bond acceptors (Lipinski definition) is 3. The number of rotatable bonds is 4. The Morgan fingerprint density at radius 3 is 2.84 bits per heavy atom. The van der Waals surface area contributed by atoms with Gasteiger partial charge in [0.2, 0.25) is 0 Å². The van der Waals surface area contributed by atoms with Crippen LogP contribution in [-0.4, -0.2) is 41.8 Å². The third kappa shape index (κ3) is 3.49. The van der Waals surface area contributed by atoms with E-state index in [1.165, 1.54) is 6.07 Å². The lowest BCUT2D eigenvalue weighted by molar-refractivity contribution is 0.163. The maximum atomic E-state index is 13.8. The molecule has 0 bridgehead atoms. The normalized spacial score (nSPS) is 25.7. The van der Waals surface area contributed by atoms with Gasteiger partial charge < -0.3 is 15.7 Å². The Kier molecular flexibility index (Phi) is 4.50. The van der Waals surface area contributed by atoms with Crippen LogP contribution in [0.1, 0.15) is 24.8 Å². The summed E-state index contributed by atoms with van der Waals surface area (Å²) < 4.78 is 27.0. The van der Waals surface area contributed by atoms with Crippen molar-refractivity contribution >= 4 is 0 Å². The Balaban J connectivity index is 2.07. The Hall–Kier alpha value is -1.04. The number of nitrogens with zero attached hydrogens (tertiary/aromatic N) is 1. The zero-order valence-corrected chi connectivity index (χ0v) is 11.0. The van der Waals surface area contributed by atoms with Crippen LogP contribution in [0.3, 0.4) is 0 Å². The van der Waals surface area contributed by atoms with E-state index in [0.29, 0.717) is 25.1 Å². The molecular weight excluding hydrogens is 250 g/mol. The molecule has 1 aromatic rings. The van der Waals surface area contributed by atoms with Gasteiger partial charge in [-0.2, -0.15) is 0 Å². The fourth-order valence-electron chi connectivity index (χ4n) is 2.59. The summed E-state index contributed by atoms with van der Waals surface area (Å²) in [5.41, 5.74) is 6.39. The first kappa shape index (κ1) is 14.4. The van der Waals surface area contributed by atoms with E-state index >= 15 is 0 Å². The van der Waals surface area contributed by atoms with Crippen molar-refractivity contribution in [3.63, 3.8) is 0 Å². The quantitative estimate of drug-likeness (QED) is 0.871. The second-order valence-electron chi connectivity index (χ2n) is 5.33. The highest BCUT2D eigenvalue weighted by atomic mass is 19.1. The van der Waals surface area contributed by atoms with E-state index in [0.717, 1.165) is 18.7 Å². The lowest BCUT2D eigenvalue weighted by Gasteiger charge is -2.17. The van der Waals surface area contributed by atoms with E-state index in [2.05, 4.69) is 4.90 Å². The van der Waals surface area contributed by atoms with E-state index in [1.807, 2.05) is 0 Å². The van der Waals surface area contributed by atoms with E-state index < -0.39 is 11.6 Å². The van der Waals surface area contributed by atoms with Crippen molar-refractivity contribution in [1.29, 1.82) is 0 Å². The standard InChI is InChI=1S/C14H20F2N2O/c1-9(19)4-5-18-7-12(14(17)8-18)11-6-10(15)2-3-13(11)16/h2-3,6,9,12,14,19H,4-5,7-8,17H2,1H3/t9?,12?,14-/m0/s1. The molecule has 2 rings (SSSR count). The summed E-state index contributed by atoms with van der Waals surface area (Å²) in [4.78, 5) is 2.09. The van der Waals surface area contributed by atoms with E-state index in [9.17, 15) is 13.9 Å². The molecule has 5 heteroatoms. The molecule has 0 aromatic heterocycles. The first-order valence-electron chi connectivity index (χ1n) is 6.58. The number of benzene rings is 1. The zero-order chi connectivity index (χ0) is 14.0. The predicted octanol–water partition coefficient (Wildman–Crippen LogP) is 1.46. The van der Waals surface area contributed by atoms with E-state index in [1.54, 1.807) is 6.92 Å². The topological polar surface area (TPSA) is 49.5 Å². The largest absolute Gasteiger partial charge is 0.393 e. The number of aliphatic hydroxyl groups is 1. The molecule has 19 heavy (non-hydrogen) atoms. The molecule has 1 saturated heterocycles. The molecule has 0 spiro atoms. The summed E-state index contributed by atoms with van der Waals surface area (Å²) in [7, 11) is 0. The number of hydrogen-bond donors (Lipinski definition) is 2. The fraction of sp³-hybridized carbons (Fsp3) is 0.571. The third-order valence-electron chi connectivity index (χ3n) is 3.66. The zero-order valence-electron chi connectivity index (χ0n) is 11.0. The van der Waals surface area contributed by atoms with Gasteiger partial charge in [-0.1, -0.05) is 0 Å². The first-order chi connectivity index (χ1) is 8.97. The summed E-state index contributed by atoms with van der Waals surface area (Å²) >= 11 is 0. The molecule has 0 saturated carbocycles. The molecule has 0 amide bonds. The van der Waals surface area contributed by atoms with Crippen LogP contribution in [0.5, 0.6) is 0 Å². The van der Waals surface area contributed by atoms with Gasteiger partial charge in [0, 0.05) is 31.6 Å². The van der Waals surface area contributed by atoms with Gasteiger partial charge in [0.05, 0.1) is 6.10 Å². The van der Waals surface area contributed by atoms with Crippen LogP contribution in [-0.2, 0) is 0 Å². The number of likely N-dealkylation sites (tertiary alicyclic amines) is 1. The van der Waals surface area contributed by atoms with Crippen LogP contribution < -0.4 is 5.73 Å². The minimum Gasteiger partial charge on any atom is -0.393 e. The molecule has 2 unspecified atom stereocenters. The summed E-state index contributed by atoms with van der Waals surface area (Å²) in [6, 6.07) is 3.29. The molecule has 3 atom stereocenters. The number of nitrogens with two attached hydrogens (primary N) is 1. The molecule has 3 nitrogen and oxygen atoms in total. The second-order valence-corrected chi connectivity index (χ2v) is 5.33. The molecular formula is C14H20F2N2O. The maximum absolute atomic E-state index is 13.8. The Morgan fingerprint density at radius 1 is 1.42 bits per heavy atom. The first-order valence-corrected chi connectivity index (χ1v) is 6.58. The van der Waals surface area contributed by atoms with Crippen molar-refractivity contribution in [2.24, 2.45) is 5.73 Å². The highest BCUT2D eigenvalue weighted by Crippen LogP contribution is 2.29. The van der Waals surface area contributed by atoms with Crippen LogP contribution in [0, 0.1) is 11.6 Å². The summed E-state index contributed by atoms with van der Waals surface area (Å²) in [6.07, 6.45) is 0.298. The highest BCUT2D eigenvalue weighted by molar-refractivity contribution is 5.26. The Bertz CT molecular complexity index is 439. The monoisotopic (exact) mass is 270 g/mol. The molecule has 1 aliphatic rings. The fourth-order valence-corrected chi connectivity index (χ4v) is 2.59. The lowest BCUT2D eigenvalue weighted by Crippen LogP contribution is -2.30. The lowest BCUT2D eigenvalue weighted by atomic mass is 9.94. The number of aliphatic hydroxyl groups excluding tert-OH is 1. The average Bonchev–Trinajstić information content (AvgIpc) is 2.71. The minimum absolute atomic E-state index is 0.190. The van der Waals surface area contributed by atoms with Crippen LogP contribution in [0.25, 0.3) is 0 Å². The average molecular weight is 270 g/mol. The van der Waals surface area contributed by atoms with Gasteiger partial charge in [-0.25, -0.2) is 8.78 Å². The second kappa shape index (κ2) is 5.94. The van der Waals surface area contributed by atoms with Gasteiger partial charge in [0.15, 0.2) is 0 Å². The van der Waals surface area contributed by atoms with E-state index in [-0.39, 0.29) is 18.1 Å². The Labute approximate surface area is 112 Å². The SMILES string of the molecule is CC(O)CCN1CC(c2cc(F)ccc2F)[C@@H](N)C1. The van der Waals surface area contributed by atoms with Gasteiger partial charge in [-0.05, 0) is 37.1 Å². The van der Waals surface area contributed by atoms with E-state index in [4.69, 9.17) is 5.73 Å². The van der Waals surface area contributed by atoms with Crippen molar-refractivity contribution in [3.05, 3.63) is 35.4 Å². The molecule has 1 heterocycles. The van der Waals surface area contributed by atoms with Crippen molar-refractivity contribution in [2.45, 2.75) is 31.4 Å². The minimum atomic E-state index is -0.439. The molecule has 0 aliphatic carbocycles. The van der Waals surface area contributed by atoms with Crippen LogP contribution in [0.4, 0.5) is 8.78 Å². The van der Waals surface area contributed by atoms with Crippen LogP contribution in [0.15, 0.2) is 18.2 Å². The molecule has 3 N–H and O–H groups in total. The smallest absolute Gasteiger partial charge is 0.126 e. The van der Waals surface area contributed by atoms with Gasteiger partial charge in [0.25, 0.3) is 0 Å². The summed E-state index contributed by atoms with van der Waals surface area (Å²) in [5, 5.41) is 9.27. The summed E-state index contributed by atoms with van der Waals surface area (Å²) in [5.74, 6) is -1.03. The molecule has 0 radical (unpaired) electrons. The summed E-state index contributed by atoms with van der Waals surface area (Å²) in [6.45, 7) is 3.71. The van der Waals surface area contributed by atoms with Crippen LogP contribution >= 0.6 is 0 Å². The molecule has 1 fully saturated rings. The Morgan fingerprint density at radius 2 is 2.16 bits per heavy atom. The van der Waals surface area contributed by atoms with Crippen molar-refractivity contribution in [1.82, 2.24) is 4.90 Å². The van der Waals surface area contributed by atoms with Crippen molar-refractivity contribution in [2.75, 3.05) is 19.6 Å². The van der Waals surface area contributed by atoms with Gasteiger partial charge >= 0.3 is 0 Å². The van der Waals surface area contributed by atoms with Crippen molar-refractivity contribution < 1.29 is 13.9 Å². The number of halogens is 2. The van der Waals surface area contributed by atoms with Gasteiger partial charge in [-0.15, -0.1) is 0 Å². The maximum Gasteiger partial charge on any atom is 0.126 e. The molecule has 1 aliphatic heterocycles. The van der Waals surface area contributed by atoms with Crippen molar-refractivity contribution in [3.8, 4) is 0 Å². The van der Waals surface area contributed by atoms with Crippen LogP contribution in [0.2, 0.25) is 0 Å². The highest BCUT2D eigenvalue weighted by Gasteiger charge is 2.32. The van der Waals surface area contributed by atoms with Gasteiger partial charge in [0.1, 0.15) is 11.6 Å². The predicted molar refractivity (Wildman–Crippen MR) is 69.8 cm³/mol. The third-order valence-corrected chi connectivity index (χ3v) is 3.66. The van der Waals surface area contributed by atoms with Gasteiger partial charge in [-0.3, -0.25) is 0 Å². The molecule has 106 valence electrons.